The standard InChI is InChI=1S/C51H83NO13/c1-30-16-12-11-13-17-31(2)42(61-8)28-38-21-19-36(7)51(60,65-38)48(57)49(58)52-23-15-14-18-39(52)50(59)64-43(33(4)26-37-20-22-40(53)44(27-37)62-9)29-41(54)32(3)25-35(6)46(56)47(63-10)45(55)34(5)24-30/h11-13,16-17,25,30,32-34,36-47,53-56,60H,14-15,18-24,26-29H2,1-10H3/t30-,32-,33-,34-,36-,37+,38?,39?,40-,41+,42+,43+,44-,45+,46+,47+,51-/m1/s1. The van der Waals surface area contributed by atoms with Crippen LogP contribution in [0.3, 0.4) is 0 Å². The van der Waals surface area contributed by atoms with Crippen LogP contribution in [-0.4, -0.2) is 143 Å². The number of allylic oxidation sites excluding steroid dienone is 5. The molecule has 2 unspecified atom stereocenters. The van der Waals surface area contributed by atoms with Crippen molar-refractivity contribution in [2.45, 2.75) is 192 Å². The number of ketones is 1. The van der Waals surface area contributed by atoms with E-state index in [1.165, 1.54) is 12.0 Å². The molecule has 3 fully saturated rings. The number of nitrogens with zero attached hydrogens (tertiary/aromatic N) is 1. The van der Waals surface area contributed by atoms with Gasteiger partial charge >= 0.3 is 5.97 Å². The van der Waals surface area contributed by atoms with Gasteiger partial charge in [0.05, 0.1) is 36.6 Å². The second-order valence-corrected chi connectivity index (χ2v) is 20.0. The zero-order valence-corrected chi connectivity index (χ0v) is 40.8. The first-order valence-corrected chi connectivity index (χ1v) is 24.2. The van der Waals surface area contributed by atoms with Crippen LogP contribution in [-0.2, 0) is 38.1 Å². The van der Waals surface area contributed by atoms with Crippen molar-refractivity contribution in [3.63, 3.8) is 0 Å². The molecule has 14 nitrogen and oxygen atoms in total. The molecular formula is C51H83NO13. The van der Waals surface area contributed by atoms with Crippen LogP contribution in [0.5, 0.6) is 0 Å². The molecule has 0 aromatic rings. The lowest BCUT2D eigenvalue weighted by Crippen LogP contribution is -2.61. The van der Waals surface area contributed by atoms with Crippen LogP contribution in [0.1, 0.15) is 126 Å². The average molecular weight is 918 g/mol. The monoisotopic (exact) mass is 918 g/mol. The predicted octanol–water partition coefficient (Wildman–Crippen LogP) is 5.76. The van der Waals surface area contributed by atoms with E-state index in [-0.39, 0.29) is 49.2 Å². The number of Topliss-reactive ketones (excluding diaryl/α,β-unsaturated/α-hetero) is 1. The lowest BCUT2D eigenvalue weighted by atomic mass is 9.78. The van der Waals surface area contributed by atoms with Crippen molar-refractivity contribution < 1.29 is 63.6 Å². The van der Waals surface area contributed by atoms with Crippen molar-refractivity contribution in [1.29, 1.82) is 0 Å². The molecule has 0 radical (unpaired) electrons. The van der Waals surface area contributed by atoms with E-state index in [1.807, 2.05) is 58.1 Å². The normalized spacial score (nSPS) is 40.1. The van der Waals surface area contributed by atoms with Gasteiger partial charge in [-0.1, -0.05) is 71.1 Å². The molecule has 370 valence electrons. The van der Waals surface area contributed by atoms with Crippen LogP contribution in [0.15, 0.2) is 47.6 Å². The third-order valence-corrected chi connectivity index (χ3v) is 14.9. The lowest BCUT2D eigenvalue weighted by Gasteiger charge is -2.43. The van der Waals surface area contributed by atoms with E-state index in [2.05, 4.69) is 6.92 Å². The maximum absolute atomic E-state index is 14.4. The minimum Gasteiger partial charge on any atom is -0.460 e. The summed E-state index contributed by atoms with van der Waals surface area (Å²) >= 11 is 0. The fourth-order valence-corrected chi connectivity index (χ4v) is 10.4. The summed E-state index contributed by atoms with van der Waals surface area (Å²) in [5, 5.41) is 57.2. The predicted molar refractivity (Wildman–Crippen MR) is 247 cm³/mol. The first kappa shape index (κ1) is 54.8. The van der Waals surface area contributed by atoms with E-state index in [9.17, 15) is 39.9 Å². The van der Waals surface area contributed by atoms with Gasteiger partial charge in [0.25, 0.3) is 11.7 Å². The molecule has 4 aliphatic rings. The summed E-state index contributed by atoms with van der Waals surface area (Å²) in [6.45, 7) is 13.2. The second-order valence-electron chi connectivity index (χ2n) is 20.0. The molecule has 1 saturated carbocycles. The van der Waals surface area contributed by atoms with Crippen molar-refractivity contribution in [2.24, 2.45) is 35.5 Å². The molecule has 14 heteroatoms. The Hall–Kier alpha value is -2.79. The molecule has 1 aliphatic carbocycles. The maximum atomic E-state index is 14.4. The van der Waals surface area contributed by atoms with E-state index in [0.717, 1.165) is 12.0 Å². The first-order valence-electron chi connectivity index (χ1n) is 24.2. The van der Waals surface area contributed by atoms with E-state index < -0.39 is 90.2 Å². The molecule has 5 N–H and O–H groups in total. The Morgan fingerprint density at radius 2 is 1.54 bits per heavy atom. The number of amides is 1. The molecule has 4 rings (SSSR count). The fraction of sp³-hybridized carbons (Fsp3) is 0.784. The Labute approximate surface area is 388 Å². The number of hydrogen-bond acceptors (Lipinski definition) is 13. The molecule has 0 aromatic heterocycles. The van der Waals surface area contributed by atoms with Crippen LogP contribution in [0, 0.1) is 35.5 Å². The van der Waals surface area contributed by atoms with E-state index in [0.29, 0.717) is 63.4 Å². The van der Waals surface area contributed by atoms with Crippen LogP contribution in [0.25, 0.3) is 0 Å². The molecule has 0 spiro atoms. The fourth-order valence-electron chi connectivity index (χ4n) is 10.4. The second kappa shape index (κ2) is 25.5. The Bertz CT molecular complexity index is 1660. The number of cyclic esters (lactones) is 1. The van der Waals surface area contributed by atoms with Crippen LogP contribution in [0.2, 0.25) is 0 Å². The van der Waals surface area contributed by atoms with Crippen LogP contribution >= 0.6 is 0 Å². The van der Waals surface area contributed by atoms with Gasteiger partial charge in [0.2, 0.25) is 5.79 Å². The highest BCUT2D eigenvalue weighted by Gasteiger charge is 2.53. The highest BCUT2D eigenvalue weighted by Crippen LogP contribution is 2.38. The zero-order chi connectivity index (χ0) is 48.2. The Kier molecular flexibility index (Phi) is 21.5. The van der Waals surface area contributed by atoms with Crippen LogP contribution < -0.4 is 0 Å². The molecule has 1 amide bonds. The highest BCUT2D eigenvalue weighted by atomic mass is 16.6. The van der Waals surface area contributed by atoms with Gasteiger partial charge in [0.1, 0.15) is 24.4 Å². The number of ether oxygens (including phenoxy) is 5. The summed E-state index contributed by atoms with van der Waals surface area (Å²) in [7, 11) is 4.63. The van der Waals surface area contributed by atoms with Crippen molar-refractivity contribution in [1.82, 2.24) is 4.90 Å². The largest absolute Gasteiger partial charge is 0.460 e. The Morgan fingerprint density at radius 3 is 2.22 bits per heavy atom. The molecule has 0 aromatic carbocycles. The van der Waals surface area contributed by atoms with Gasteiger partial charge in [0.15, 0.2) is 0 Å². The quantitative estimate of drug-likeness (QED) is 0.122. The third kappa shape index (κ3) is 14.6. The van der Waals surface area contributed by atoms with E-state index in [4.69, 9.17) is 23.7 Å². The number of fused-ring (bicyclic) bond motifs is 3. The van der Waals surface area contributed by atoms with Gasteiger partial charge in [-0.05, 0) is 113 Å². The summed E-state index contributed by atoms with van der Waals surface area (Å²) in [4.78, 5) is 44.1. The Morgan fingerprint density at radius 1 is 0.815 bits per heavy atom. The van der Waals surface area contributed by atoms with Gasteiger partial charge in [-0.2, -0.15) is 0 Å². The van der Waals surface area contributed by atoms with Crippen LogP contribution in [0.4, 0.5) is 0 Å². The number of carbonyl (C=O) groups excluding carboxylic acids is 3. The summed E-state index contributed by atoms with van der Waals surface area (Å²) < 4.78 is 29.6. The van der Waals surface area contributed by atoms with Crippen molar-refractivity contribution in [2.75, 3.05) is 27.9 Å². The van der Waals surface area contributed by atoms with Crippen molar-refractivity contribution >= 4 is 17.7 Å². The zero-order valence-electron chi connectivity index (χ0n) is 40.8. The average Bonchev–Trinajstić information content (AvgIpc) is 3.28. The molecule has 3 heterocycles. The van der Waals surface area contributed by atoms with Gasteiger partial charge in [0, 0.05) is 52.6 Å². The van der Waals surface area contributed by atoms with Gasteiger partial charge < -0.3 is 54.1 Å². The minimum absolute atomic E-state index is 0.0359. The number of hydrogen-bond donors (Lipinski definition) is 5. The van der Waals surface area contributed by atoms with Gasteiger partial charge in [-0.15, -0.1) is 0 Å². The van der Waals surface area contributed by atoms with Gasteiger partial charge in [-0.25, -0.2) is 4.79 Å². The molecule has 65 heavy (non-hydrogen) atoms. The first-order chi connectivity index (χ1) is 30.7. The lowest BCUT2D eigenvalue weighted by molar-refractivity contribution is -0.265. The summed E-state index contributed by atoms with van der Waals surface area (Å²) in [6.07, 6.45) is 10.6. The van der Waals surface area contributed by atoms with E-state index in [1.54, 1.807) is 34.1 Å². The number of aliphatic hydroxyl groups excluding tert-OH is 4. The molecule has 3 aliphatic heterocycles. The van der Waals surface area contributed by atoms with Crippen molar-refractivity contribution in [3.8, 4) is 0 Å². The van der Waals surface area contributed by atoms with Crippen molar-refractivity contribution in [3.05, 3.63) is 47.6 Å². The SMILES string of the molecule is CO[C@H]1[C@@H](O)[C@H](C)C[C@H](C)C=CC=CC=C(C)[C@@H](OC)CC2CC[C@@H](C)[C@@](O)(O2)C(=O)C(=O)N2CCCCC2C(=O)O[C@H]([C@H](C)C[C@@H]2CC[C@@H](O)[C@H](OC)C2)C[C@H](O)[C@H](C)C=C(C)[C@@H]1O. The number of rotatable bonds is 6. The number of aliphatic hydroxyl groups is 5. The number of methoxy groups -OCH3 is 3. The van der Waals surface area contributed by atoms with Gasteiger partial charge in [-0.3, -0.25) is 9.59 Å². The molecule has 2 bridgehead atoms. The number of piperidine rings is 1. The summed E-state index contributed by atoms with van der Waals surface area (Å²) in [5.74, 6) is -6.69. The van der Waals surface area contributed by atoms with E-state index >= 15 is 0 Å². The topological polar surface area (TPSA) is 202 Å². The number of esters is 1. The maximum Gasteiger partial charge on any atom is 0.329 e. The minimum atomic E-state index is -2.41. The molecular weight excluding hydrogens is 835 g/mol. The summed E-state index contributed by atoms with van der Waals surface area (Å²) in [6, 6.07) is -1.10. The third-order valence-electron chi connectivity index (χ3n) is 14.9. The Balaban J connectivity index is 1.70. The smallest absolute Gasteiger partial charge is 0.329 e. The molecule has 17 atom stereocenters. The highest BCUT2D eigenvalue weighted by molar-refractivity contribution is 6.39. The molecule has 2 saturated heterocycles. The summed E-state index contributed by atoms with van der Waals surface area (Å²) in [5.41, 5.74) is 1.41. The number of carbonyl (C=O) groups is 3.